The number of carboxylic acids is 1. The highest BCUT2D eigenvalue weighted by Gasteiger charge is 2.24. The molecule has 5 N–H and O–H groups in total. The van der Waals surface area contributed by atoms with Gasteiger partial charge in [-0.15, -0.1) is 11.3 Å². The summed E-state index contributed by atoms with van der Waals surface area (Å²) in [5.41, 5.74) is 4.71. The zero-order valence-electron chi connectivity index (χ0n) is 12.1. The molecule has 0 aliphatic carbocycles. The van der Waals surface area contributed by atoms with Crippen LogP contribution in [0.1, 0.15) is 10.5 Å². The zero-order valence-corrected chi connectivity index (χ0v) is 13.7. The van der Waals surface area contributed by atoms with Crippen LogP contribution in [0.25, 0.3) is 0 Å². The number of aromatic carboxylic acids is 1. The molecule has 0 bridgehead atoms. The topological polar surface area (TPSA) is 151 Å². The van der Waals surface area contributed by atoms with Gasteiger partial charge in [-0.25, -0.2) is 27.0 Å². The van der Waals surface area contributed by atoms with Crippen LogP contribution in [0.4, 0.5) is 19.5 Å². The van der Waals surface area contributed by atoms with E-state index in [9.17, 15) is 26.8 Å². The van der Waals surface area contributed by atoms with Crippen molar-refractivity contribution in [2.45, 2.75) is 4.90 Å². The van der Waals surface area contributed by atoms with Crippen molar-refractivity contribution < 1.29 is 31.9 Å². The molecule has 0 fully saturated rings. The van der Waals surface area contributed by atoms with Gasteiger partial charge in [-0.1, -0.05) is 0 Å². The Bertz CT molecular complexity index is 922. The number of sulfonamides is 1. The smallest absolute Gasteiger partial charge is 0.357 e. The van der Waals surface area contributed by atoms with Crippen LogP contribution >= 0.6 is 11.3 Å². The molecule has 0 atom stereocenters. The third kappa shape index (κ3) is 4.07. The maximum absolute atomic E-state index is 13.9. The monoisotopic (exact) mass is 392 g/mol. The van der Waals surface area contributed by atoms with E-state index in [1.807, 2.05) is 10.0 Å². The number of benzene rings is 1. The summed E-state index contributed by atoms with van der Waals surface area (Å²) >= 11 is 0.682. The Morgan fingerprint density at radius 3 is 2.40 bits per heavy atom. The molecule has 1 heterocycles. The molecule has 2 rings (SSSR count). The van der Waals surface area contributed by atoms with Crippen LogP contribution in [0.5, 0.6) is 0 Å². The van der Waals surface area contributed by atoms with Crippen LogP contribution in [-0.4, -0.2) is 36.9 Å². The largest absolute Gasteiger partial charge is 0.476 e. The first-order valence-corrected chi connectivity index (χ1v) is 8.70. The molecular weight excluding hydrogens is 382 g/mol. The minimum Gasteiger partial charge on any atom is -0.476 e. The first kappa shape index (κ1) is 18.7. The van der Waals surface area contributed by atoms with Gasteiger partial charge in [-0.2, -0.15) is 0 Å². The Hall–Kier alpha value is -2.64. The van der Waals surface area contributed by atoms with Crippen LogP contribution < -0.4 is 15.8 Å². The summed E-state index contributed by atoms with van der Waals surface area (Å²) in [6.07, 6.45) is 0. The summed E-state index contributed by atoms with van der Waals surface area (Å²) in [6, 6.07) is 0.942. The molecule has 2 aromatic rings. The third-order valence-corrected chi connectivity index (χ3v) is 4.97. The molecule has 0 saturated heterocycles. The van der Waals surface area contributed by atoms with Gasteiger partial charge in [0, 0.05) is 0 Å². The van der Waals surface area contributed by atoms with E-state index in [1.165, 1.54) is 0 Å². The highest BCUT2D eigenvalue weighted by molar-refractivity contribution is 7.93. The van der Waals surface area contributed by atoms with Crippen molar-refractivity contribution in [1.82, 2.24) is 4.98 Å². The van der Waals surface area contributed by atoms with Crippen LogP contribution in [0.2, 0.25) is 0 Å². The minimum atomic E-state index is -4.50. The molecule has 1 aromatic heterocycles. The highest BCUT2D eigenvalue weighted by atomic mass is 32.2. The van der Waals surface area contributed by atoms with Crippen molar-refractivity contribution in [1.29, 1.82) is 0 Å². The summed E-state index contributed by atoms with van der Waals surface area (Å²) in [7, 11) is -4.50. The van der Waals surface area contributed by atoms with Gasteiger partial charge in [-0.3, -0.25) is 9.52 Å². The predicted molar refractivity (Wildman–Crippen MR) is 83.9 cm³/mol. The van der Waals surface area contributed by atoms with E-state index in [2.05, 4.69) is 4.98 Å². The number of hydrogen-bond acceptors (Lipinski definition) is 7. The number of carboxylic acid groups (broad SMARTS) is 1. The zero-order chi connectivity index (χ0) is 18.8. The fraction of sp³-hybridized carbons (Fsp3) is 0.0833. The number of thiazole rings is 1. The lowest BCUT2D eigenvalue weighted by Gasteiger charge is -2.10. The van der Waals surface area contributed by atoms with Crippen LogP contribution in [0, 0.1) is 11.6 Å². The summed E-state index contributed by atoms with van der Waals surface area (Å²) in [6.45, 7) is -0.524. The Morgan fingerprint density at radius 1 is 1.28 bits per heavy atom. The van der Waals surface area contributed by atoms with Gasteiger partial charge >= 0.3 is 5.97 Å². The van der Waals surface area contributed by atoms with Gasteiger partial charge in [0.25, 0.3) is 10.0 Å². The number of halogens is 2. The van der Waals surface area contributed by atoms with Crippen molar-refractivity contribution >= 4 is 43.9 Å². The van der Waals surface area contributed by atoms with E-state index in [0.717, 1.165) is 5.51 Å². The van der Waals surface area contributed by atoms with Crippen LogP contribution in [-0.2, 0) is 14.8 Å². The maximum Gasteiger partial charge on any atom is 0.357 e. The quantitative estimate of drug-likeness (QED) is 0.568. The second kappa shape index (κ2) is 7.08. The van der Waals surface area contributed by atoms with Crippen LogP contribution in [0.15, 0.2) is 22.5 Å². The molecule has 25 heavy (non-hydrogen) atoms. The summed E-state index contributed by atoms with van der Waals surface area (Å²) in [5, 5.41) is 10.4. The highest BCUT2D eigenvalue weighted by Crippen LogP contribution is 2.27. The first-order valence-electron chi connectivity index (χ1n) is 6.34. The SMILES string of the molecule is NCC(=O)Nc1c(F)cc(S(=O)(=O)Nc2scnc2C(=O)O)cc1F. The average molecular weight is 392 g/mol. The van der Waals surface area contributed by atoms with E-state index >= 15 is 0 Å². The van der Waals surface area contributed by atoms with E-state index in [4.69, 9.17) is 10.8 Å². The lowest BCUT2D eigenvalue weighted by atomic mass is 10.3. The predicted octanol–water partition coefficient (Wildman–Crippen LogP) is 0.817. The van der Waals surface area contributed by atoms with Crippen molar-refractivity contribution in [3.63, 3.8) is 0 Å². The number of nitrogens with two attached hydrogens (primary N) is 1. The molecule has 1 amide bonds. The average Bonchev–Trinajstić information content (AvgIpc) is 2.97. The third-order valence-electron chi connectivity index (χ3n) is 2.77. The Balaban J connectivity index is 2.38. The fourth-order valence-corrected chi connectivity index (χ4v) is 3.68. The minimum absolute atomic E-state index is 0.325. The van der Waals surface area contributed by atoms with Crippen LogP contribution in [0.3, 0.4) is 0 Å². The second-order valence-corrected chi connectivity index (χ2v) is 6.99. The van der Waals surface area contributed by atoms with E-state index in [1.54, 1.807) is 0 Å². The summed E-state index contributed by atoms with van der Waals surface area (Å²) < 4.78 is 54.2. The number of aromatic nitrogens is 1. The lowest BCUT2D eigenvalue weighted by Crippen LogP contribution is -2.23. The molecule has 0 radical (unpaired) electrons. The molecule has 0 unspecified atom stereocenters. The Kier molecular flexibility index (Phi) is 5.30. The van der Waals surface area contributed by atoms with Gasteiger partial charge in [0.15, 0.2) is 17.3 Å². The lowest BCUT2D eigenvalue weighted by molar-refractivity contribution is -0.115. The van der Waals surface area contributed by atoms with Gasteiger partial charge in [-0.05, 0) is 12.1 Å². The van der Waals surface area contributed by atoms with Crippen molar-refractivity contribution in [2.75, 3.05) is 16.6 Å². The van der Waals surface area contributed by atoms with E-state index in [-0.39, 0.29) is 5.00 Å². The molecule has 0 aliphatic rings. The fourth-order valence-electron chi connectivity index (χ4n) is 1.67. The molecular formula is C12H10F2N4O5S2. The Labute approximate surface area is 143 Å². The van der Waals surface area contributed by atoms with Crippen molar-refractivity contribution in [2.24, 2.45) is 5.73 Å². The summed E-state index contributed by atoms with van der Waals surface area (Å²) in [4.78, 5) is 24.7. The molecule has 1 aromatic carbocycles. The molecule has 134 valence electrons. The second-order valence-electron chi connectivity index (χ2n) is 4.45. The first-order chi connectivity index (χ1) is 11.7. The standard InChI is InChI=1S/C12H10F2N4O5S2/c13-6-1-5(2-7(14)9(6)17-8(19)3-15)25(22,23)18-11-10(12(20)21)16-4-24-11/h1-2,4,18H,3,15H2,(H,17,19)(H,20,21). The van der Waals surface area contributed by atoms with Gasteiger partial charge in [0.1, 0.15) is 10.7 Å². The van der Waals surface area contributed by atoms with E-state index < -0.39 is 56.4 Å². The van der Waals surface area contributed by atoms with Gasteiger partial charge in [0.05, 0.1) is 17.0 Å². The molecule has 0 saturated carbocycles. The number of nitrogens with zero attached hydrogens (tertiary/aromatic N) is 1. The Morgan fingerprint density at radius 2 is 1.88 bits per heavy atom. The number of nitrogens with one attached hydrogen (secondary N) is 2. The molecule has 0 spiro atoms. The molecule has 0 aliphatic heterocycles. The van der Waals surface area contributed by atoms with Gasteiger partial charge in [0.2, 0.25) is 5.91 Å². The number of carbonyl (C=O) groups excluding carboxylic acids is 1. The number of anilines is 2. The number of rotatable bonds is 6. The normalized spacial score (nSPS) is 11.2. The molecule has 13 heteroatoms. The van der Waals surface area contributed by atoms with E-state index in [0.29, 0.717) is 23.5 Å². The maximum atomic E-state index is 13.9. The van der Waals surface area contributed by atoms with Crippen molar-refractivity contribution in [3.8, 4) is 0 Å². The number of amides is 1. The molecule has 9 nitrogen and oxygen atoms in total. The van der Waals surface area contributed by atoms with Crippen molar-refractivity contribution in [3.05, 3.63) is 35.0 Å². The number of carbonyl (C=O) groups is 2. The van der Waals surface area contributed by atoms with Gasteiger partial charge < -0.3 is 16.2 Å². The summed E-state index contributed by atoms with van der Waals surface area (Å²) in [5.74, 6) is -5.03. The number of hydrogen-bond donors (Lipinski definition) is 4.